The number of aryl methyl sites for hydroxylation is 3. The van der Waals surface area contributed by atoms with Crippen LogP contribution in [0.3, 0.4) is 0 Å². The molecule has 4 aromatic rings. The quantitative estimate of drug-likeness (QED) is 0.492. The molecule has 146 valence electrons. The van der Waals surface area contributed by atoms with Crippen LogP contribution in [0.5, 0.6) is 0 Å². The monoisotopic (exact) mass is 401 g/mol. The van der Waals surface area contributed by atoms with Crippen LogP contribution in [0, 0.1) is 13.8 Å². The molecule has 1 amide bonds. The molecule has 0 aliphatic heterocycles. The van der Waals surface area contributed by atoms with Gasteiger partial charge in [-0.15, -0.1) is 11.3 Å². The van der Waals surface area contributed by atoms with E-state index in [1.54, 1.807) is 0 Å². The number of hydrogen-bond donors (Lipinski definition) is 1. The maximum atomic E-state index is 13.1. The van der Waals surface area contributed by atoms with Crippen LogP contribution in [0.15, 0.2) is 54.6 Å². The van der Waals surface area contributed by atoms with Gasteiger partial charge in [0.1, 0.15) is 4.83 Å². The largest absolute Gasteiger partial charge is 0.345 e. The van der Waals surface area contributed by atoms with Crippen molar-refractivity contribution in [1.82, 2.24) is 15.1 Å². The predicted molar refractivity (Wildman–Crippen MR) is 118 cm³/mol. The number of aromatic nitrogens is 2. The topological polar surface area (TPSA) is 46.9 Å². The van der Waals surface area contributed by atoms with Crippen LogP contribution in [-0.2, 0) is 6.42 Å². The van der Waals surface area contributed by atoms with E-state index < -0.39 is 0 Å². The minimum atomic E-state index is 0.00255. The Labute approximate surface area is 174 Å². The molecule has 29 heavy (non-hydrogen) atoms. The van der Waals surface area contributed by atoms with E-state index in [0.29, 0.717) is 0 Å². The average Bonchev–Trinajstić information content (AvgIpc) is 3.30. The Kier molecular flexibility index (Phi) is 4.47. The van der Waals surface area contributed by atoms with E-state index in [4.69, 9.17) is 5.10 Å². The predicted octanol–water partition coefficient (Wildman–Crippen LogP) is 5.51. The van der Waals surface area contributed by atoms with Gasteiger partial charge in [0.15, 0.2) is 0 Å². The Bertz CT molecular complexity index is 1200. The second-order valence-corrected chi connectivity index (χ2v) is 8.81. The summed E-state index contributed by atoms with van der Waals surface area (Å²) in [5.74, 6) is 0.00255. The molecule has 5 heteroatoms. The van der Waals surface area contributed by atoms with Gasteiger partial charge in [-0.25, -0.2) is 4.68 Å². The molecule has 0 saturated heterocycles. The molecule has 5 rings (SSSR count). The van der Waals surface area contributed by atoms with Gasteiger partial charge in [0.25, 0.3) is 5.91 Å². The maximum absolute atomic E-state index is 13.1. The van der Waals surface area contributed by atoms with Crippen molar-refractivity contribution in [2.45, 2.75) is 39.2 Å². The number of hydrogen-bond acceptors (Lipinski definition) is 3. The first-order valence-corrected chi connectivity index (χ1v) is 10.9. The van der Waals surface area contributed by atoms with E-state index in [-0.39, 0.29) is 11.9 Å². The molecular formula is C24H23N3OS. The van der Waals surface area contributed by atoms with E-state index in [2.05, 4.69) is 60.8 Å². The molecule has 0 radical (unpaired) electrons. The van der Waals surface area contributed by atoms with Crippen molar-refractivity contribution in [3.05, 3.63) is 81.9 Å². The number of carbonyl (C=O) groups excluding carboxylic acids is 1. The van der Waals surface area contributed by atoms with Crippen LogP contribution >= 0.6 is 11.3 Å². The Morgan fingerprint density at radius 1 is 1.14 bits per heavy atom. The SMILES string of the molecule is Cc1ccc(-n2nc(C)c3cc(C(=O)NC4CCCc5ccccc54)sc32)cc1. The van der Waals surface area contributed by atoms with Gasteiger partial charge in [-0.05, 0) is 62.4 Å². The van der Waals surface area contributed by atoms with Crippen LogP contribution in [-0.4, -0.2) is 15.7 Å². The summed E-state index contributed by atoms with van der Waals surface area (Å²) in [7, 11) is 0. The molecule has 1 N–H and O–H groups in total. The van der Waals surface area contributed by atoms with Gasteiger partial charge >= 0.3 is 0 Å². The summed E-state index contributed by atoms with van der Waals surface area (Å²) >= 11 is 1.51. The summed E-state index contributed by atoms with van der Waals surface area (Å²) in [6.07, 6.45) is 3.19. The lowest BCUT2D eigenvalue weighted by Gasteiger charge is -2.26. The normalized spacial score (nSPS) is 16.0. The highest BCUT2D eigenvalue weighted by Crippen LogP contribution is 2.33. The van der Waals surface area contributed by atoms with Crippen molar-refractivity contribution >= 4 is 27.5 Å². The lowest BCUT2D eigenvalue weighted by atomic mass is 9.88. The number of rotatable bonds is 3. The third-order valence-electron chi connectivity index (χ3n) is 5.72. The van der Waals surface area contributed by atoms with Gasteiger partial charge in [-0.3, -0.25) is 4.79 Å². The Balaban J connectivity index is 1.46. The molecule has 0 saturated carbocycles. The van der Waals surface area contributed by atoms with Crippen molar-refractivity contribution < 1.29 is 4.79 Å². The molecule has 0 fully saturated rings. The number of fused-ring (bicyclic) bond motifs is 2. The van der Waals surface area contributed by atoms with Gasteiger partial charge in [-0.1, -0.05) is 42.0 Å². The smallest absolute Gasteiger partial charge is 0.261 e. The number of carbonyl (C=O) groups is 1. The van der Waals surface area contributed by atoms with Gasteiger partial charge in [0.2, 0.25) is 0 Å². The Morgan fingerprint density at radius 3 is 2.76 bits per heavy atom. The fraction of sp³-hybridized carbons (Fsp3) is 0.250. The Morgan fingerprint density at radius 2 is 1.93 bits per heavy atom. The molecule has 2 aromatic heterocycles. The van der Waals surface area contributed by atoms with E-state index in [9.17, 15) is 4.79 Å². The van der Waals surface area contributed by atoms with E-state index in [1.165, 1.54) is 28.0 Å². The van der Waals surface area contributed by atoms with E-state index in [0.717, 1.165) is 45.7 Å². The average molecular weight is 402 g/mol. The molecule has 1 aliphatic rings. The third-order valence-corrected chi connectivity index (χ3v) is 6.83. The molecule has 0 bridgehead atoms. The highest BCUT2D eigenvalue weighted by Gasteiger charge is 2.24. The zero-order valence-corrected chi connectivity index (χ0v) is 17.4. The number of benzene rings is 2. The van der Waals surface area contributed by atoms with Gasteiger partial charge in [-0.2, -0.15) is 5.10 Å². The Hall–Kier alpha value is -2.92. The maximum Gasteiger partial charge on any atom is 0.261 e. The molecule has 1 atom stereocenters. The van der Waals surface area contributed by atoms with Crippen LogP contribution in [0.4, 0.5) is 0 Å². The molecule has 4 nitrogen and oxygen atoms in total. The second kappa shape index (κ2) is 7.16. The van der Waals surface area contributed by atoms with Crippen molar-refractivity contribution in [2.24, 2.45) is 0 Å². The highest BCUT2D eigenvalue weighted by molar-refractivity contribution is 7.20. The number of amides is 1. The lowest BCUT2D eigenvalue weighted by Crippen LogP contribution is -2.30. The van der Waals surface area contributed by atoms with Crippen LogP contribution in [0.1, 0.15) is 50.9 Å². The summed E-state index contributed by atoms with van der Waals surface area (Å²) < 4.78 is 1.95. The van der Waals surface area contributed by atoms with Crippen molar-refractivity contribution in [3.63, 3.8) is 0 Å². The summed E-state index contributed by atoms with van der Waals surface area (Å²) in [4.78, 5) is 14.8. The summed E-state index contributed by atoms with van der Waals surface area (Å²) in [6.45, 7) is 4.07. The number of nitrogens with zero attached hydrogens (tertiary/aromatic N) is 2. The molecule has 2 aromatic carbocycles. The van der Waals surface area contributed by atoms with Crippen LogP contribution < -0.4 is 5.32 Å². The zero-order valence-electron chi connectivity index (χ0n) is 16.6. The highest BCUT2D eigenvalue weighted by atomic mass is 32.1. The summed E-state index contributed by atoms with van der Waals surface area (Å²) in [5.41, 5.74) is 5.79. The van der Waals surface area contributed by atoms with E-state index >= 15 is 0 Å². The summed E-state index contributed by atoms with van der Waals surface area (Å²) in [6, 6.07) is 18.8. The second-order valence-electron chi connectivity index (χ2n) is 7.78. The summed E-state index contributed by atoms with van der Waals surface area (Å²) in [5, 5.41) is 9.01. The molecule has 0 spiro atoms. The molecular weight excluding hydrogens is 378 g/mol. The molecule has 1 unspecified atom stereocenters. The lowest BCUT2D eigenvalue weighted by molar-refractivity contribution is 0.0937. The van der Waals surface area contributed by atoms with Crippen molar-refractivity contribution in [3.8, 4) is 5.69 Å². The van der Waals surface area contributed by atoms with Gasteiger partial charge in [0, 0.05) is 5.39 Å². The first-order chi connectivity index (χ1) is 14.1. The molecule has 2 heterocycles. The standard InChI is InChI=1S/C24H23N3OS/c1-15-10-12-18(13-11-15)27-24-20(16(2)26-27)14-22(29-24)23(28)25-21-9-5-7-17-6-3-4-8-19(17)21/h3-4,6,8,10-14,21H,5,7,9H2,1-2H3,(H,25,28). The van der Waals surface area contributed by atoms with Gasteiger partial charge < -0.3 is 5.32 Å². The minimum Gasteiger partial charge on any atom is -0.345 e. The van der Waals surface area contributed by atoms with Crippen molar-refractivity contribution in [1.29, 1.82) is 0 Å². The minimum absolute atomic E-state index is 0.00255. The molecule has 1 aliphatic carbocycles. The first kappa shape index (κ1) is 18.1. The number of nitrogens with one attached hydrogen (secondary N) is 1. The van der Waals surface area contributed by atoms with Crippen molar-refractivity contribution in [2.75, 3.05) is 0 Å². The third kappa shape index (κ3) is 3.25. The fourth-order valence-electron chi connectivity index (χ4n) is 4.15. The zero-order chi connectivity index (χ0) is 20.0. The first-order valence-electron chi connectivity index (χ1n) is 10.0. The fourth-order valence-corrected chi connectivity index (χ4v) is 5.24. The van der Waals surface area contributed by atoms with E-state index in [1.807, 2.05) is 17.7 Å². The van der Waals surface area contributed by atoms with Gasteiger partial charge in [0.05, 0.1) is 22.3 Å². The number of thiophene rings is 1. The van der Waals surface area contributed by atoms with Crippen LogP contribution in [0.25, 0.3) is 15.9 Å². The van der Waals surface area contributed by atoms with Crippen LogP contribution in [0.2, 0.25) is 0 Å².